The maximum absolute atomic E-state index is 11.7. The quantitative estimate of drug-likeness (QED) is 0.263. The van der Waals surface area contributed by atoms with Crippen molar-refractivity contribution < 1.29 is 9.72 Å². The number of anilines is 1. The van der Waals surface area contributed by atoms with E-state index >= 15 is 0 Å². The molecule has 21 heavy (non-hydrogen) atoms. The zero-order chi connectivity index (χ0) is 15.7. The molecule has 2 N–H and O–H groups in total. The Morgan fingerprint density at radius 2 is 2.19 bits per heavy atom. The molecule has 7 heteroatoms. The van der Waals surface area contributed by atoms with Gasteiger partial charge in [-0.05, 0) is 12.5 Å². The molecule has 0 aromatic heterocycles. The van der Waals surface area contributed by atoms with Gasteiger partial charge in [0.05, 0.1) is 4.92 Å². The van der Waals surface area contributed by atoms with E-state index in [-0.39, 0.29) is 16.9 Å². The van der Waals surface area contributed by atoms with Crippen molar-refractivity contribution in [3.05, 3.63) is 46.2 Å². The Kier molecular flexibility index (Phi) is 6.41. The van der Waals surface area contributed by atoms with Crippen molar-refractivity contribution in [2.24, 2.45) is 0 Å². The number of rotatable bonds is 7. The number of nitrogens with one attached hydrogen (secondary N) is 2. The second kappa shape index (κ2) is 8.32. The van der Waals surface area contributed by atoms with Crippen LogP contribution in [0.1, 0.15) is 19.8 Å². The summed E-state index contributed by atoms with van der Waals surface area (Å²) in [4.78, 5) is 22.0. The molecular weight excluding hydrogens is 272 g/mol. The van der Waals surface area contributed by atoms with Crippen LogP contribution in [0.5, 0.6) is 0 Å². The van der Waals surface area contributed by atoms with Gasteiger partial charge in [-0.3, -0.25) is 14.9 Å². The largest absolute Gasteiger partial charge is 0.355 e. The first-order valence-corrected chi connectivity index (χ1v) is 6.48. The summed E-state index contributed by atoms with van der Waals surface area (Å²) in [6.07, 6.45) is 2.92. The lowest BCUT2D eigenvalue weighted by Crippen LogP contribution is -2.25. The zero-order valence-corrected chi connectivity index (χ0v) is 11.6. The number of amides is 1. The number of nitriles is 1. The summed E-state index contributed by atoms with van der Waals surface area (Å²) in [6, 6.07) is 7.76. The fourth-order valence-corrected chi connectivity index (χ4v) is 1.53. The van der Waals surface area contributed by atoms with Gasteiger partial charge in [0, 0.05) is 18.8 Å². The standard InChI is InChI=1S/C14H16N4O3/c1-2-3-8-16-14(19)11(9-15)10-17-12-6-4-5-7-13(12)18(20)21/h4-7,10,17H,2-3,8H2,1H3,(H,16,19)/b11-10-. The number of hydrogen-bond acceptors (Lipinski definition) is 5. The third-order valence-corrected chi connectivity index (χ3v) is 2.65. The van der Waals surface area contributed by atoms with Crippen LogP contribution in [0.2, 0.25) is 0 Å². The van der Waals surface area contributed by atoms with Gasteiger partial charge in [-0.15, -0.1) is 0 Å². The van der Waals surface area contributed by atoms with Gasteiger partial charge in [-0.2, -0.15) is 5.26 Å². The molecule has 0 spiro atoms. The number of nitrogens with zero attached hydrogens (tertiary/aromatic N) is 2. The van der Waals surface area contributed by atoms with Crippen molar-refractivity contribution in [2.45, 2.75) is 19.8 Å². The third kappa shape index (κ3) is 4.95. The lowest BCUT2D eigenvalue weighted by molar-refractivity contribution is -0.383. The van der Waals surface area contributed by atoms with E-state index in [4.69, 9.17) is 5.26 Å². The second-order valence-corrected chi connectivity index (χ2v) is 4.20. The summed E-state index contributed by atoms with van der Waals surface area (Å²) in [5.41, 5.74) is -0.0432. The van der Waals surface area contributed by atoms with Crippen LogP contribution in [0.25, 0.3) is 0 Å². The number of unbranched alkanes of at least 4 members (excludes halogenated alkanes) is 1. The molecule has 0 radical (unpaired) electrons. The number of para-hydroxylation sites is 2. The first-order chi connectivity index (χ1) is 10.1. The van der Waals surface area contributed by atoms with Crippen LogP contribution in [0.3, 0.4) is 0 Å². The predicted molar refractivity (Wildman–Crippen MR) is 78.3 cm³/mol. The van der Waals surface area contributed by atoms with Crippen LogP contribution in [-0.2, 0) is 4.79 Å². The van der Waals surface area contributed by atoms with Crippen LogP contribution in [0, 0.1) is 21.4 Å². The molecular formula is C14H16N4O3. The third-order valence-electron chi connectivity index (χ3n) is 2.65. The molecule has 0 fully saturated rings. The molecule has 1 aromatic carbocycles. The first-order valence-electron chi connectivity index (χ1n) is 6.48. The van der Waals surface area contributed by atoms with Gasteiger partial charge >= 0.3 is 0 Å². The Morgan fingerprint density at radius 3 is 2.81 bits per heavy atom. The molecule has 1 rings (SSSR count). The number of hydrogen-bond donors (Lipinski definition) is 2. The van der Waals surface area contributed by atoms with Crippen molar-refractivity contribution in [1.29, 1.82) is 5.26 Å². The highest BCUT2D eigenvalue weighted by Crippen LogP contribution is 2.23. The minimum Gasteiger partial charge on any atom is -0.355 e. The minimum absolute atomic E-state index is 0.127. The molecule has 0 atom stereocenters. The number of carbonyl (C=O) groups excluding carboxylic acids is 1. The number of nitro groups is 1. The number of nitro benzene ring substituents is 1. The van der Waals surface area contributed by atoms with E-state index in [2.05, 4.69) is 10.6 Å². The van der Waals surface area contributed by atoms with Gasteiger partial charge in [0.15, 0.2) is 0 Å². The van der Waals surface area contributed by atoms with Crippen LogP contribution < -0.4 is 10.6 Å². The highest BCUT2D eigenvalue weighted by atomic mass is 16.6. The van der Waals surface area contributed by atoms with Crippen LogP contribution in [0.4, 0.5) is 11.4 Å². The van der Waals surface area contributed by atoms with Crippen molar-refractivity contribution in [3.8, 4) is 6.07 Å². The Bertz CT molecular complexity index is 590. The Labute approximate surface area is 122 Å². The minimum atomic E-state index is -0.538. The predicted octanol–water partition coefficient (Wildman–Crippen LogP) is 2.33. The summed E-state index contributed by atoms with van der Waals surface area (Å²) < 4.78 is 0. The van der Waals surface area contributed by atoms with E-state index in [1.54, 1.807) is 12.1 Å². The van der Waals surface area contributed by atoms with E-state index in [9.17, 15) is 14.9 Å². The van der Waals surface area contributed by atoms with E-state index < -0.39 is 10.8 Å². The van der Waals surface area contributed by atoms with Gasteiger partial charge in [-0.1, -0.05) is 25.5 Å². The molecule has 1 aromatic rings. The topological polar surface area (TPSA) is 108 Å². The number of carbonyl (C=O) groups is 1. The van der Waals surface area contributed by atoms with Gasteiger partial charge in [0.1, 0.15) is 17.3 Å². The highest BCUT2D eigenvalue weighted by Gasteiger charge is 2.12. The fraction of sp³-hybridized carbons (Fsp3) is 0.286. The van der Waals surface area contributed by atoms with Crippen LogP contribution in [-0.4, -0.2) is 17.4 Å². The Balaban J connectivity index is 2.80. The molecule has 0 saturated heterocycles. The molecule has 7 nitrogen and oxygen atoms in total. The summed E-state index contributed by atoms with van der Waals surface area (Å²) in [5, 5.41) is 25.0. The lowest BCUT2D eigenvalue weighted by atomic mass is 10.2. The molecule has 0 aliphatic heterocycles. The maximum atomic E-state index is 11.7. The molecule has 1 amide bonds. The summed E-state index contributed by atoms with van der Waals surface area (Å²) in [6.45, 7) is 2.48. The smallest absolute Gasteiger partial charge is 0.292 e. The monoisotopic (exact) mass is 288 g/mol. The fourth-order valence-electron chi connectivity index (χ4n) is 1.53. The van der Waals surface area contributed by atoms with Crippen molar-refractivity contribution >= 4 is 17.3 Å². The lowest BCUT2D eigenvalue weighted by Gasteiger charge is -2.04. The average molecular weight is 288 g/mol. The Morgan fingerprint density at radius 1 is 1.48 bits per heavy atom. The van der Waals surface area contributed by atoms with Crippen LogP contribution >= 0.6 is 0 Å². The van der Waals surface area contributed by atoms with E-state index in [1.807, 2.05) is 6.92 Å². The SMILES string of the molecule is CCCCNC(=O)/C(C#N)=C\Nc1ccccc1[N+](=O)[O-]. The second-order valence-electron chi connectivity index (χ2n) is 4.20. The summed E-state index contributed by atoms with van der Waals surface area (Å²) in [5.74, 6) is -0.503. The van der Waals surface area contributed by atoms with Crippen molar-refractivity contribution in [1.82, 2.24) is 5.32 Å². The van der Waals surface area contributed by atoms with E-state index in [0.29, 0.717) is 6.54 Å². The van der Waals surface area contributed by atoms with Crippen LogP contribution in [0.15, 0.2) is 36.0 Å². The molecule has 0 saturated carbocycles. The maximum Gasteiger partial charge on any atom is 0.292 e. The molecule has 0 heterocycles. The average Bonchev–Trinajstić information content (AvgIpc) is 2.48. The van der Waals surface area contributed by atoms with E-state index in [1.165, 1.54) is 24.4 Å². The molecule has 0 unspecified atom stereocenters. The highest BCUT2D eigenvalue weighted by molar-refractivity contribution is 5.97. The van der Waals surface area contributed by atoms with Gasteiger partial charge in [0.25, 0.3) is 11.6 Å². The van der Waals surface area contributed by atoms with Gasteiger partial charge in [-0.25, -0.2) is 0 Å². The Hall–Kier alpha value is -2.88. The van der Waals surface area contributed by atoms with Gasteiger partial charge < -0.3 is 10.6 Å². The zero-order valence-electron chi connectivity index (χ0n) is 11.6. The normalized spacial score (nSPS) is 10.6. The summed E-state index contributed by atoms with van der Waals surface area (Å²) >= 11 is 0. The van der Waals surface area contributed by atoms with E-state index in [0.717, 1.165) is 12.8 Å². The van der Waals surface area contributed by atoms with Crippen molar-refractivity contribution in [2.75, 3.05) is 11.9 Å². The number of benzene rings is 1. The first kappa shape index (κ1) is 16.2. The molecule has 0 aliphatic carbocycles. The summed E-state index contributed by atoms with van der Waals surface area (Å²) in [7, 11) is 0. The van der Waals surface area contributed by atoms with Gasteiger partial charge in [0.2, 0.25) is 0 Å². The molecule has 0 aliphatic rings. The molecule has 0 bridgehead atoms. The molecule has 110 valence electrons. The van der Waals surface area contributed by atoms with Crippen molar-refractivity contribution in [3.63, 3.8) is 0 Å².